The van der Waals surface area contributed by atoms with Crippen molar-refractivity contribution in [2.24, 2.45) is 5.41 Å². The predicted octanol–water partition coefficient (Wildman–Crippen LogP) is 10.8. The molecule has 0 aliphatic carbocycles. The zero-order valence-electron chi connectivity index (χ0n) is 25.4. The maximum atomic E-state index is 6.55. The average Bonchev–Trinajstić information content (AvgIpc) is 2.95. The summed E-state index contributed by atoms with van der Waals surface area (Å²) in [4.78, 5) is 10.0. The van der Waals surface area contributed by atoms with Gasteiger partial charge >= 0.3 is 0 Å². The van der Waals surface area contributed by atoms with Gasteiger partial charge in [-0.3, -0.25) is 0 Å². The molecule has 0 spiro atoms. The molecule has 0 fully saturated rings. The molecular weight excluding hydrogens is 512 g/mol. The SMILES string of the molecule is CC(C)(C)Cc1ccc2c(-c3ccc4ccccc4c3)nc(Oc3cc(C(C)(C)C)cc(-c4ccccc4)n3)cc2c1. The maximum absolute atomic E-state index is 6.55. The summed E-state index contributed by atoms with van der Waals surface area (Å²) in [6, 6.07) is 38.2. The summed E-state index contributed by atoms with van der Waals surface area (Å²) in [5.74, 6) is 1.08. The van der Waals surface area contributed by atoms with Gasteiger partial charge in [0.05, 0.1) is 11.4 Å². The lowest BCUT2D eigenvalue weighted by atomic mass is 9.87. The van der Waals surface area contributed by atoms with Crippen LogP contribution in [0.1, 0.15) is 52.7 Å². The average molecular weight is 551 g/mol. The molecule has 3 heteroatoms. The van der Waals surface area contributed by atoms with Crippen LogP contribution in [-0.2, 0) is 11.8 Å². The van der Waals surface area contributed by atoms with Crippen molar-refractivity contribution in [3.8, 4) is 34.3 Å². The summed E-state index contributed by atoms with van der Waals surface area (Å²) in [7, 11) is 0. The van der Waals surface area contributed by atoms with Crippen LogP contribution in [-0.4, -0.2) is 9.97 Å². The smallest absolute Gasteiger partial charge is 0.222 e. The third-order valence-electron chi connectivity index (χ3n) is 7.58. The monoisotopic (exact) mass is 550 g/mol. The van der Waals surface area contributed by atoms with E-state index in [-0.39, 0.29) is 10.8 Å². The Labute approximate surface area is 249 Å². The molecule has 4 aromatic carbocycles. The van der Waals surface area contributed by atoms with E-state index in [1.165, 1.54) is 16.3 Å². The third kappa shape index (κ3) is 6.06. The van der Waals surface area contributed by atoms with Crippen LogP contribution in [0.5, 0.6) is 11.8 Å². The number of hydrogen-bond donors (Lipinski definition) is 0. The molecule has 210 valence electrons. The highest BCUT2D eigenvalue weighted by molar-refractivity contribution is 5.98. The van der Waals surface area contributed by atoms with E-state index in [1.54, 1.807) is 0 Å². The fourth-order valence-electron chi connectivity index (χ4n) is 5.47. The van der Waals surface area contributed by atoms with E-state index in [1.807, 2.05) is 24.3 Å². The van der Waals surface area contributed by atoms with Crippen molar-refractivity contribution >= 4 is 21.5 Å². The Morgan fingerprint density at radius 1 is 0.571 bits per heavy atom. The van der Waals surface area contributed by atoms with Crippen molar-refractivity contribution in [3.63, 3.8) is 0 Å². The molecular formula is C39H38N2O. The second kappa shape index (κ2) is 10.7. The number of hydrogen-bond acceptors (Lipinski definition) is 3. The van der Waals surface area contributed by atoms with Crippen LogP contribution in [0.2, 0.25) is 0 Å². The summed E-state index contributed by atoms with van der Waals surface area (Å²) >= 11 is 0. The Balaban J connectivity index is 1.50. The molecule has 0 amide bonds. The summed E-state index contributed by atoms with van der Waals surface area (Å²) in [6.45, 7) is 13.5. The standard InChI is InChI=1S/C39H38N2O/c1-38(2,3)25-26-16-19-33-31(20-26)22-35(41-37(33)30-18-17-27-12-10-11-15-29(27)21-30)42-36-24-32(39(4,5)6)23-34(40-36)28-13-8-7-9-14-28/h7-24H,25H2,1-6H3. The van der Waals surface area contributed by atoms with E-state index in [9.17, 15) is 0 Å². The Morgan fingerprint density at radius 2 is 1.29 bits per heavy atom. The number of ether oxygens (including phenoxy) is 1. The van der Waals surface area contributed by atoms with Crippen LogP contribution in [0, 0.1) is 5.41 Å². The summed E-state index contributed by atoms with van der Waals surface area (Å²) in [5.41, 5.74) is 6.50. The molecule has 0 radical (unpaired) electrons. The van der Waals surface area contributed by atoms with Gasteiger partial charge < -0.3 is 4.74 Å². The van der Waals surface area contributed by atoms with E-state index in [0.717, 1.165) is 45.3 Å². The number of fused-ring (bicyclic) bond motifs is 2. The highest BCUT2D eigenvalue weighted by atomic mass is 16.5. The first-order valence-corrected chi connectivity index (χ1v) is 14.7. The van der Waals surface area contributed by atoms with Crippen LogP contribution in [0.25, 0.3) is 44.1 Å². The summed E-state index contributed by atoms with van der Waals surface area (Å²) < 4.78 is 6.55. The van der Waals surface area contributed by atoms with Crippen molar-refractivity contribution in [2.75, 3.05) is 0 Å². The molecule has 0 aliphatic rings. The second-order valence-electron chi connectivity index (χ2n) is 13.5. The van der Waals surface area contributed by atoms with Crippen molar-refractivity contribution in [3.05, 3.63) is 120 Å². The molecule has 0 atom stereocenters. The summed E-state index contributed by atoms with van der Waals surface area (Å²) in [5, 5.41) is 4.62. The summed E-state index contributed by atoms with van der Waals surface area (Å²) in [6.07, 6.45) is 0.988. The van der Waals surface area contributed by atoms with E-state index in [2.05, 4.69) is 126 Å². The lowest BCUT2D eigenvalue weighted by Gasteiger charge is -2.21. The molecule has 3 nitrogen and oxygen atoms in total. The second-order valence-corrected chi connectivity index (χ2v) is 13.5. The van der Waals surface area contributed by atoms with Gasteiger partial charge in [0.1, 0.15) is 0 Å². The lowest BCUT2D eigenvalue weighted by molar-refractivity contribution is 0.411. The van der Waals surface area contributed by atoms with Gasteiger partial charge in [0.2, 0.25) is 11.8 Å². The first-order valence-electron chi connectivity index (χ1n) is 14.7. The van der Waals surface area contributed by atoms with E-state index < -0.39 is 0 Å². The number of benzene rings is 4. The van der Waals surface area contributed by atoms with Crippen molar-refractivity contribution in [2.45, 2.75) is 53.4 Å². The largest absolute Gasteiger partial charge is 0.421 e. The van der Waals surface area contributed by atoms with Gasteiger partial charge in [0, 0.05) is 28.6 Å². The molecule has 6 aromatic rings. The Hall–Kier alpha value is -4.50. The van der Waals surface area contributed by atoms with Gasteiger partial charge in [-0.1, -0.05) is 126 Å². The van der Waals surface area contributed by atoms with Crippen LogP contribution in [0.4, 0.5) is 0 Å². The molecule has 2 heterocycles. The quantitative estimate of drug-likeness (QED) is 0.214. The molecule has 0 saturated heterocycles. The lowest BCUT2D eigenvalue weighted by Crippen LogP contribution is -2.12. The molecule has 42 heavy (non-hydrogen) atoms. The highest BCUT2D eigenvalue weighted by Gasteiger charge is 2.19. The van der Waals surface area contributed by atoms with Gasteiger partial charge in [0.15, 0.2) is 0 Å². The van der Waals surface area contributed by atoms with Crippen molar-refractivity contribution in [1.82, 2.24) is 9.97 Å². The zero-order chi connectivity index (χ0) is 29.5. The van der Waals surface area contributed by atoms with Gasteiger partial charge in [-0.2, -0.15) is 0 Å². The zero-order valence-corrected chi connectivity index (χ0v) is 25.4. The van der Waals surface area contributed by atoms with E-state index in [4.69, 9.17) is 14.7 Å². The van der Waals surface area contributed by atoms with E-state index in [0.29, 0.717) is 11.8 Å². The Bertz CT molecular complexity index is 1890. The molecule has 0 aliphatic heterocycles. The number of aromatic nitrogens is 2. The molecule has 0 N–H and O–H groups in total. The minimum Gasteiger partial charge on any atom is -0.421 e. The van der Waals surface area contributed by atoms with Crippen LogP contribution in [0.3, 0.4) is 0 Å². The van der Waals surface area contributed by atoms with Crippen molar-refractivity contribution in [1.29, 1.82) is 0 Å². The van der Waals surface area contributed by atoms with Gasteiger partial charge in [-0.25, -0.2) is 9.97 Å². The fraction of sp³-hybridized carbons (Fsp3) is 0.231. The topological polar surface area (TPSA) is 35.0 Å². The molecule has 0 bridgehead atoms. The first kappa shape index (κ1) is 27.7. The normalized spacial score (nSPS) is 12.1. The van der Waals surface area contributed by atoms with Gasteiger partial charge in [-0.05, 0) is 56.7 Å². The molecule has 2 aromatic heterocycles. The van der Waals surface area contributed by atoms with Crippen LogP contribution < -0.4 is 4.74 Å². The predicted molar refractivity (Wildman–Crippen MR) is 176 cm³/mol. The molecule has 0 unspecified atom stereocenters. The molecule has 0 saturated carbocycles. The Kier molecular flexibility index (Phi) is 7.06. The third-order valence-corrected chi connectivity index (χ3v) is 7.58. The van der Waals surface area contributed by atoms with Crippen molar-refractivity contribution < 1.29 is 4.74 Å². The minimum absolute atomic E-state index is 0.0699. The van der Waals surface area contributed by atoms with E-state index >= 15 is 0 Å². The maximum Gasteiger partial charge on any atom is 0.222 e. The van der Waals surface area contributed by atoms with Crippen LogP contribution in [0.15, 0.2) is 109 Å². The minimum atomic E-state index is -0.0699. The number of nitrogens with zero attached hydrogens (tertiary/aromatic N) is 2. The van der Waals surface area contributed by atoms with Crippen LogP contribution >= 0.6 is 0 Å². The molecule has 6 rings (SSSR count). The number of pyridine rings is 2. The fourth-order valence-corrected chi connectivity index (χ4v) is 5.47. The van der Waals surface area contributed by atoms with Gasteiger partial charge in [0.25, 0.3) is 0 Å². The first-order chi connectivity index (χ1) is 20.0. The van der Waals surface area contributed by atoms with Gasteiger partial charge in [-0.15, -0.1) is 0 Å². The number of rotatable bonds is 5. The highest BCUT2D eigenvalue weighted by Crippen LogP contribution is 2.36. The Morgan fingerprint density at radius 3 is 2.02 bits per heavy atom.